The van der Waals surface area contributed by atoms with E-state index in [1.165, 1.54) is 0 Å². The summed E-state index contributed by atoms with van der Waals surface area (Å²) in [7, 11) is 3.57. The highest BCUT2D eigenvalue weighted by molar-refractivity contribution is 5.11. The average molecular weight is 240 g/mol. The van der Waals surface area contributed by atoms with Gasteiger partial charge in [-0.2, -0.15) is 5.26 Å². The smallest absolute Gasteiger partial charge is 0.109 e. The number of methoxy groups -OCH3 is 1. The minimum absolute atomic E-state index is 0.131. The molecule has 98 valence electrons. The lowest BCUT2D eigenvalue weighted by Crippen LogP contribution is -2.39. The molecule has 2 atom stereocenters. The second-order valence-electron chi connectivity index (χ2n) is 5.39. The molecular weight excluding hydrogens is 216 g/mol. The van der Waals surface area contributed by atoms with Crippen molar-refractivity contribution < 1.29 is 9.47 Å². The zero-order chi connectivity index (χ0) is 12.9. The lowest BCUT2D eigenvalue weighted by atomic mass is 10.0. The molecule has 0 amide bonds. The Balaban J connectivity index is 2.30. The molecule has 1 aliphatic rings. The second-order valence-corrected chi connectivity index (χ2v) is 5.39. The average Bonchev–Trinajstić information content (AvgIpc) is 2.73. The molecule has 0 spiro atoms. The van der Waals surface area contributed by atoms with Crippen LogP contribution in [0.3, 0.4) is 0 Å². The molecule has 0 radical (unpaired) electrons. The molecule has 1 rings (SSSR count). The molecule has 0 aromatic carbocycles. The molecule has 0 saturated heterocycles. The van der Waals surface area contributed by atoms with E-state index in [1.807, 2.05) is 7.05 Å². The molecule has 4 heteroatoms. The van der Waals surface area contributed by atoms with Gasteiger partial charge < -0.3 is 14.8 Å². The van der Waals surface area contributed by atoms with Gasteiger partial charge in [0.15, 0.2) is 0 Å². The number of nitrogens with zero attached hydrogens (tertiary/aromatic N) is 1. The highest BCUT2D eigenvalue weighted by Gasteiger charge is 2.38. The maximum Gasteiger partial charge on any atom is 0.109 e. The zero-order valence-corrected chi connectivity index (χ0v) is 11.4. The van der Waals surface area contributed by atoms with Gasteiger partial charge in [-0.25, -0.2) is 0 Å². The first-order valence-electron chi connectivity index (χ1n) is 6.24. The molecule has 0 heterocycles. The van der Waals surface area contributed by atoms with E-state index < -0.39 is 0 Å². The maximum atomic E-state index is 9.14. The van der Waals surface area contributed by atoms with E-state index in [0.717, 1.165) is 25.7 Å². The van der Waals surface area contributed by atoms with Crippen molar-refractivity contribution >= 4 is 0 Å². The third kappa shape index (κ3) is 3.95. The van der Waals surface area contributed by atoms with Crippen molar-refractivity contribution in [3.05, 3.63) is 0 Å². The fourth-order valence-electron chi connectivity index (χ4n) is 2.10. The van der Waals surface area contributed by atoms with Gasteiger partial charge in [-0.1, -0.05) is 0 Å². The summed E-state index contributed by atoms with van der Waals surface area (Å²) in [5.74, 6) is 0. The maximum absolute atomic E-state index is 9.14. The number of nitriles is 1. The summed E-state index contributed by atoms with van der Waals surface area (Å²) >= 11 is 0. The first-order valence-corrected chi connectivity index (χ1v) is 6.24. The normalized spacial score (nSPS) is 29.2. The molecule has 17 heavy (non-hydrogen) atoms. The quantitative estimate of drug-likeness (QED) is 0.770. The first-order chi connectivity index (χ1) is 7.97. The predicted molar refractivity (Wildman–Crippen MR) is 66.7 cm³/mol. The third-order valence-electron chi connectivity index (χ3n) is 3.77. The topological polar surface area (TPSA) is 54.3 Å². The van der Waals surface area contributed by atoms with E-state index >= 15 is 0 Å². The van der Waals surface area contributed by atoms with E-state index in [-0.39, 0.29) is 17.2 Å². The summed E-state index contributed by atoms with van der Waals surface area (Å²) in [5, 5.41) is 12.2. The molecule has 1 saturated carbocycles. The van der Waals surface area contributed by atoms with Gasteiger partial charge in [-0.15, -0.1) is 0 Å². The van der Waals surface area contributed by atoms with Gasteiger partial charge in [-0.05, 0) is 40.2 Å². The Bertz CT molecular complexity index is 286. The van der Waals surface area contributed by atoms with E-state index in [4.69, 9.17) is 14.7 Å². The Labute approximate surface area is 104 Å². The highest BCUT2D eigenvalue weighted by Crippen LogP contribution is 2.31. The number of hydrogen-bond donors (Lipinski definition) is 1. The number of nitrogens with one attached hydrogen (secondary N) is 1. The Hall–Kier alpha value is -0.630. The fraction of sp³-hybridized carbons (Fsp3) is 0.923. The summed E-state index contributed by atoms with van der Waals surface area (Å²) in [4.78, 5) is 0. The number of rotatable bonds is 6. The molecular formula is C13H24N2O2. The van der Waals surface area contributed by atoms with Crippen LogP contribution in [-0.4, -0.2) is 38.0 Å². The van der Waals surface area contributed by atoms with Crippen molar-refractivity contribution in [2.45, 2.75) is 56.8 Å². The van der Waals surface area contributed by atoms with Gasteiger partial charge >= 0.3 is 0 Å². The standard InChI is InChI=1S/C13H24N2O2/c1-12(2,16-4)7-8-17-11-5-6-13(9-11,10-14)15-3/h11,15H,5-9H2,1-4H3. The molecule has 1 fully saturated rings. The predicted octanol–water partition coefficient (Wildman–Crippen LogP) is 1.85. The molecule has 1 N–H and O–H groups in total. The van der Waals surface area contributed by atoms with Crippen LogP contribution in [0.25, 0.3) is 0 Å². The van der Waals surface area contributed by atoms with Crippen LogP contribution in [0, 0.1) is 11.3 Å². The van der Waals surface area contributed by atoms with Crippen LogP contribution in [0.15, 0.2) is 0 Å². The van der Waals surface area contributed by atoms with Gasteiger partial charge in [0.25, 0.3) is 0 Å². The van der Waals surface area contributed by atoms with Crippen molar-refractivity contribution in [3.63, 3.8) is 0 Å². The minimum Gasteiger partial charge on any atom is -0.379 e. The van der Waals surface area contributed by atoms with Crippen LogP contribution >= 0.6 is 0 Å². The van der Waals surface area contributed by atoms with Crippen molar-refractivity contribution in [3.8, 4) is 6.07 Å². The first kappa shape index (κ1) is 14.4. The van der Waals surface area contributed by atoms with Gasteiger partial charge in [-0.3, -0.25) is 0 Å². The van der Waals surface area contributed by atoms with Gasteiger partial charge in [0.2, 0.25) is 0 Å². The Kier molecular flexibility index (Phi) is 4.93. The van der Waals surface area contributed by atoms with Gasteiger partial charge in [0.1, 0.15) is 5.54 Å². The molecule has 1 aliphatic carbocycles. The summed E-state index contributed by atoms with van der Waals surface area (Å²) in [5.41, 5.74) is -0.505. The monoisotopic (exact) mass is 240 g/mol. The molecule has 0 aliphatic heterocycles. The summed E-state index contributed by atoms with van der Waals surface area (Å²) < 4.78 is 11.2. The highest BCUT2D eigenvalue weighted by atomic mass is 16.5. The van der Waals surface area contributed by atoms with Crippen LogP contribution in [0.1, 0.15) is 39.5 Å². The zero-order valence-electron chi connectivity index (χ0n) is 11.4. The Morgan fingerprint density at radius 1 is 1.53 bits per heavy atom. The van der Waals surface area contributed by atoms with Crippen molar-refractivity contribution in [2.75, 3.05) is 20.8 Å². The van der Waals surface area contributed by atoms with Crippen molar-refractivity contribution in [1.29, 1.82) is 5.26 Å². The number of ether oxygens (including phenoxy) is 2. The van der Waals surface area contributed by atoms with Crippen LogP contribution in [0.4, 0.5) is 0 Å². The minimum atomic E-state index is -0.374. The Morgan fingerprint density at radius 2 is 2.24 bits per heavy atom. The molecule has 2 unspecified atom stereocenters. The molecule has 0 aromatic rings. The van der Waals surface area contributed by atoms with Crippen molar-refractivity contribution in [2.24, 2.45) is 0 Å². The second kappa shape index (κ2) is 5.81. The molecule has 0 bridgehead atoms. The van der Waals surface area contributed by atoms with E-state index in [1.54, 1.807) is 7.11 Å². The third-order valence-corrected chi connectivity index (χ3v) is 3.77. The lowest BCUT2D eigenvalue weighted by molar-refractivity contribution is -0.0260. The largest absolute Gasteiger partial charge is 0.379 e. The van der Waals surface area contributed by atoms with E-state index in [0.29, 0.717) is 6.61 Å². The SMILES string of the molecule is CNC1(C#N)CCC(OCCC(C)(C)OC)C1. The van der Waals surface area contributed by atoms with E-state index in [9.17, 15) is 0 Å². The van der Waals surface area contributed by atoms with Crippen LogP contribution in [-0.2, 0) is 9.47 Å². The summed E-state index contributed by atoms with van der Waals surface area (Å²) in [6.45, 7) is 4.80. The van der Waals surface area contributed by atoms with Crippen LogP contribution in [0.2, 0.25) is 0 Å². The van der Waals surface area contributed by atoms with Crippen LogP contribution in [0.5, 0.6) is 0 Å². The van der Waals surface area contributed by atoms with Crippen LogP contribution < -0.4 is 5.32 Å². The fourth-order valence-corrected chi connectivity index (χ4v) is 2.10. The Morgan fingerprint density at radius 3 is 2.71 bits per heavy atom. The summed E-state index contributed by atoms with van der Waals surface area (Å²) in [6, 6.07) is 2.36. The van der Waals surface area contributed by atoms with Crippen molar-refractivity contribution in [1.82, 2.24) is 5.32 Å². The molecule has 4 nitrogen and oxygen atoms in total. The summed E-state index contributed by atoms with van der Waals surface area (Å²) in [6.07, 6.45) is 3.70. The van der Waals surface area contributed by atoms with Gasteiger partial charge in [0.05, 0.1) is 17.8 Å². The molecule has 0 aromatic heterocycles. The van der Waals surface area contributed by atoms with Gasteiger partial charge in [0, 0.05) is 20.1 Å². The number of hydrogen-bond acceptors (Lipinski definition) is 4. The van der Waals surface area contributed by atoms with E-state index in [2.05, 4.69) is 25.2 Å². The lowest BCUT2D eigenvalue weighted by Gasteiger charge is -2.24.